The monoisotopic (exact) mass is 190 g/mol. The molecule has 0 N–H and O–H groups in total. The quantitative estimate of drug-likeness (QED) is 0.580. The molecule has 1 nitrogen and oxygen atoms in total. The van der Waals surface area contributed by atoms with Gasteiger partial charge in [-0.25, -0.2) is 0 Å². The van der Waals surface area contributed by atoms with E-state index in [2.05, 4.69) is 19.6 Å². The predicted octanol–water partition coefficient (Wildman–Crippen LogP) is 3.27. The molecular weight excluding hydrogens is 172 g/mol. The molecule has 2 atom stereocenters. The van der Waals surface area contributed by atoms with Crippen LogP contribution >= 0.6 is 0 Å². The van der Waals surface area contributed by atoms with Crippen LogP contribution in [0.5, 0.6) is 0 Å². The highest BCUT2D eigenvalue weighted by Crippen LogP contribution is 2.50. The van der Waals surface area contributed by atoms with Crippen molar-refractivity contribution < 1.29 is 4.79 Å². The molecule has 2 unspecified atom stereocenters. The zero-order valence-corrected chi connectivity index (χ0v) is 8.88. The molecule has 2 aliphatic carbocycles. The summed E-state index contributed by atoms with van der Waals surface area (Å²) < 4.78 is 0. The Hall–Kier alpha value is -0.850. The van der Waals surface area contributed by atoms with E-state index in [9.17, 15) is 4.79 Å². The van der Waals surface area contributed by atoms with Crippen LogP contribution in [0.3, 0.4) is 0 Å². The molecule has 0 spiro atoms. The number of fused-ring (bicyclic) bond motifs is 1. The molecule has 0 aliphatic heterocycles. The van der Waals surface area contributed by atoms with Crippen LogP contribution in [0, 0.1) is 11.3 Å². The molecule has 2 rings (SSSR count). The van der Waals surface area contributed by atoms with Crippen LogP contribution in [0.4, 0.5) is 0 Å². The largest absolute Gasteiger partial charge is 0.303 e. The maximum Gasteiger partial charge on any atom is 0.123 e. The van der Waals surface area contributed by atoms with Crippen LogP contribution in [-0.2, 0) is 4.79 Å². The number of hydrogen-bond donors (Lipinski definition) is 0. The van der Waals surface area contributed by atoms with Gasteiger partial charge in [-0.3, -0.25) is 0 Å². The van der Waals surface area contributed by atoms with Crippen LogP contribution < -0.4 is 0 Å². The van der Waals surface area contributed by atoms with Gasteiger partial charge in [0.25, 0.3) is 0 Å². The van der Waals surface area contributed by atoms with Crippen molar-refractivity contribution in [2.45, 2.75) is 39.0 Å². The number of hydrogen-bond acceptors (Lipinski definition) is 1. The number of carbonyl (C=O) groups is 1. The number of aldehydes is 1. The van der Waals surface area contributed by atoms with Crippen molar-refractivity contribution in [1.82, 2.24) is 0 Å². The standard InChI is InChI=1S/C13H18O/c1-10-6-7-13(2)11(8-10)4-3-5-12(13)9-14/h8-9,12H,1,3-7H2,2H3. The van der Waals surface area contributed by atoms with Gasteiger partial charge in [0.15, 0.2) is 0 Å². The molecule has 14 heavy (non-hydrogen) atoms. The number of rotatable bonds is 1. The molecule has 1 saturated carbocycles. The predicted molar refractivity (Wildman–Crippen MR) is 58.0 cm³/mol. The number of carbonyl (C=O) groups excluding carboxylic acids is 1. The maximum absolute atomic E-state index is 11.1. The third kappa shape index (κ3) is 1.35. The second kappa shape index (κ2) is 3.38. The minimum absolute atomic E-state index is 0.154. The smallest absolute Gasteiger partial charge is 0.123 e. The van der Waals surface area contributed by atoms with E-state index in [0.717, 1.165) is 25.7 Å². The zero-order valence-electron chi connectivity index (χ0n) is 8.88. The molecule has 0 aromatic heterocycles. The van der Waals surface area contributed by atoms with Crippen molar-refractivity contribution >= 4 is 6.29 Å². The van der Waals surface area contributed by atoms with Crippen LogP contribution in [0.15, 0.2) is 23.8 Å². The van der Waals surface area contributed by atoms with Gasteiger partial charge in [0.05, 0.1) is 0 Å². The molecule has 0 saturated heterocycles. The second-order valence-corrected chi connectivity index (χ2v) is 4.88. The summed E-state index contributed by atoms with van der Waals surface area (Å²) in [5.74, 6) is 0.246. The fourth-order valence-corrected chi connectivity index (χ4v) is 2.89. The topological polar surface area (TPSA) is 17.1 Å². The summed E-state index contributed by atoms with van der Waals surface area (Å²) in [5.41, 5.74) is 2.86. The summed E-state index contributed by atoms with van der Waals surface area (Å²) in [6.07, 6.45) is 8.98. The summed E-state index contributed by atoms with van der Waals surface area (Å²) >= 11 is 0. The van der Waals surface area contributed by atoms with Gasteiger partial charge in [0, 0.05) is 5.92 Å². The Balaban J connectivity index is 2.36. The highest BCUT2D eigenvalue weighted by Gasteiger charge is 2.41. The van der Waals surface area contributed by atoms with Crippen molar-refractivity contribution in [3.63, 3.8) is 0 Å². The molecule has 0 aromatic carbocycles. The third-order valence-electron chi connectivity index (χ3n) is 4.02. The van der Waals surface area contributed by atoms with Crippen LogP contribution in [0.2, 0.25) is 0 Å². The number of allylic oxidation sites excluding steroid dienone is 3. The van der Waals surface area contributed by atoms with Gasteiger partial charge in [-0.2, -0.15) is 0 Å². The average Bonchev–Trinajstić information content (AvgIpc) is 2.18. The minimum atomic E-state index is 0.154. The first-order chi connectivity index (χ1) is 6.66. The average molecular weight is 190 g/mol. The van der Waals surface area contributed by atoms with Crippen LogP contribution in [0.1, 0.15) is 39.0 Å². The van der Waals surface area contributed by atoms with Crippen molar-refractivity contribution in [2.75, 3.05) is 0 Å². The van der Waals surface area contributed by atoms with E-state index in [1.807, 2.05) is 0 Å². The van der Waals surface area contributed by atoms with Gasteiger partial charge < -0.3 is 4.79 Å². The van der Waals surface area contributed by atoms with Crippen molar-refractivity contribution in [3.05, 3.63) is 23.8 Å². The van der Waals surface area contributed by atoms with Gasteiger partial charge in [0.1, 0.15) is 6.29 Å². The fourth-order valence-electron chi connectivity index (χ4n) is 2.89. The molecule has 2 aliphatic rings. The maximum atomic E-state index is 11.1. The molecule has 76 valence electrons. The third-order valence-corrected chi connectivity index (χ3v) is 4.02. The van der Waals surface area contributed by atoms with E-state index >= 15 is 0 Å². The van der Waals surface area contributed by atoms with Crippen LogP contribution in [0.25, 0.3) is 0 Å². The van der Waals surface area contributed by atoms with Gasteiger partial charge in [0.2, 0.25) is 0 Å². The molecule has 0 heterocycles. The molecule has 1 heteroatoms. The highest BCUT2D eigenvalue weighted by atomic mass is 16.1. The fraction of sp³-hybridized carbons (Fsp3) is 0.615. The van der Waals surface area contributed by atoms with Gasteiger partial charge in [-0.15, -0.1) is 0 Å². The normalized spacial score (nSPS) is 37.4. The Labute approximate surface area is 85.9 Å². The van der Waals surface area contributed by atoms with E-state index in [-0.39, 0.29) is 11.3 Å². The van der Waals surface area contributed by atoms with E-state index in [4.69, 9.17) is 0 Å². The lowest BCUT2D eigenvalue weighted by molar-refractivity contribution is -0.114. The summed E-state index contributed by atoms with van der Waals surface area (Å²) in [5, 5.41) is 0. The van der Waals surface area contributed by atoms with E-state index in [0.29, 0.717) is 0 Å². The van der Waals surface area contributed by atoms with Gasteiger partial charge in [-0.05, 0) is 37.5 Å². The van der Waals surface area contributed by atoms with E-state index < -0.39 is 0 Å². The summed E-state index contributed by atoms with van der Waals surface area (Å²) in [7, 11) is 0. The summed E-state index contributed by atoms with van der Waals surface area (Å²) in [4.78, 5) is 11.1. The summed E-state index contributed by atoms with van der Waals surface area (Å²) in [6.45, 7) is 6.28. The lowest BCUT2D eigenvalue weighted by atomic mass is 9.60. The highest BCUT2D eigenvalue weighted by molar-refractivity contribution is 5.58. The SMILES string of the molecule is C=C1C=C2CCCC(C=O)C2(C)CC1. The minimum Gasteiger partial charge on any atom is -0.303 e. The van der Waals surface area contributed by atoms with E-state index in [1.165, 1.54) is 23.9 Å². The Kier molecular flexibility index (Phi) is 2.34. The first-order valence-electron chi connectivity index (χ1n) is 5.51. The van der Waals surface area contributed by atoms with Gasteiger partial charge in [-0.1, -0.05) is 30.7 Å². The lowest BCUT2D eigenvalue weighted by Crippen LogP contribution is -2.36. The molecular formula is C13H18O. The van der Waals surface area contributed by atoms with Crippen molar-refractivity contribution in [1.29, 1.82) is 0 Å². The Morgan fingerprint density at radius 2 is 2.36 bits per heavy atom. The lowest BCUT2D eigenvalue weighted by Gasteiger charge is -2.44. The van der Waals surface area contributed by atoms with Crippen molar-refractivity contribution in [3.8, 4) is 0 Å². The Morgan fingerprint density at radius 1 is 1.57 bits per heavy atom. The van der Waals surface area contributed by atoms with Gasteiger partial charge >= 0.3 is 0 Å². The first-order valence-corrected chi connectivity index (χ1v) is 5.51. The zero-order chi connectivity index (χ0) is 10.2. The molecule has 0 bridgehead atoms. The van der Waals surface area contributed by atoms with Crippen LogP contribution in [-0.4, -0.2) is 6.29 Å². The second-order valence-electron chi connectivity index (χ2n) is 4.88. The van der Waals surface area contributed by atoms with Crippen molar-refractivity contribution in [2.24, 2.45) is 11.3 Å². The summed E-state index contributed by atoms with van der Waals surface area (Å²) in [6, 6.07) is 0. The Bertz CT molecular complexity index is 300. The van der Waals surface area contributed by atoms with E-state index in [1.54, 1.807) is 0 Å². The Morgan fingerprint density at radius 3 is 3.07 bits per heavy atom. The molecule has 0 radical (unpaired) electrons. The molecule has 0 aromatic rings. The molecule has 0 amide bonds. The first kappa shape index (κ1) is 9.70. The molecule has 1 fully saturated rings.